The molecule has 0 saturated carbocycles. The average Bonchev–Trinajstić information content (AvgIpc) is 2.81. The first-order valence-corrected chi connectivity index (χ1v) is 6.28. The molecule has 98 valence electrons. The smallest absolute Gasteiger partial charge is 0.323 e. The largest absolute Gasteiger partial charge is 0.487 e. The molecule has 2 rings (SSSR count). The van der Waals surface area contributed by atoms with E-state index in [-0.39, 0.29) is 18.1 Å². The first-order chi connectivity index (χ1) is 8.60. The summed E-state index contributed by atoms with van der Waals surface area (Å²) in [6, 6.07) is 4.72. The van der Waals surface area contributed by atoms with Crippen LogP contribution >= 0.6 is 23.2 Å². The van der Waals surface area contributed by atoms with Crippen molar-refractivity contribution in [3.63, 3.8) is 0 Å². The highest BCUT2D eigenvalue weighted by Crippen LogP contribution is 2.29. The van der Waals surface area contributed by atoms with Crippen LogP contribution in [0.1, 0.15) is 6.42 Å². The van der Waals surface area contributed by atoms with Crippen LogP contribution in [-0.2, 0) is 9.53 Å². The number of methoxy groups -OCH3 is 1. The van der Waals surface area contributed by atoms with Crippen LogP contribution < -0.4 is 10.1 Å². The van der Waals surface area contributed by atoms with Gasteiger partial charge in [-0.05, 0) is 12.1 Å². The van der Waals surface area contributed by atoms with Gasteiger partial charge in [0.25, 0.3) is 0 Å². The van der Waals surface area contributed by atoms with Gasteiger partial charge in [-0.1, -0.05) is 23.2 Å². The number of carbonyl (C=O) groups is 1. The molecular formula is C12H13Cl2NO3. The Kier molecular flexibility index (Phi) is 4.32. The lowest BCUT2D eigenvalue weighted by molar-refractivity contribution is -0.142. The summed E-state index contributed by atoms with van der Waals surface area (Å²) >= 11 is 11.9. The van der Waals surface area contributed by atoms with Crippen molar-refractivity contribution in [2.45, 2.75) is 18.6 Å². The zero-order chi connectivity index (χ0) is 13.1. The third-order valence-electron chi connectivity index (χ3n) is 2.76. The molecule has 1 fully saturated rings. The van der Waals surface area contributed by atoms with E-state index in [1.54, 1.807) is 18.2 Å². The zero-order valence-electron chi connectivity index (χ0n) is 9.78. The van der Waals surface area contributed by atoms with Crippen LogP contribution in [0.3, 0.4) is 0 Å². The van der Waals surface area contributed by atoms with E-state index in [1.807, 2.05) is 0 Å². The molecule has 0 bridgehead atoms. The molecule has 2 unspecified atom stereocenters. The number of halogens is 2. The van der Waals surface area contributed by atoms with Gasteiger partial charge in [0.1, 0.15) is 17.9 Å². The van der Waals surface area contributed by atoms with Gasteiger partial charge in [0.15, 0.2) is 0 Å². The lowest BCUT2D eigenvalue weighted by atomic mass is 10.2. The number of rotatable bonds is 3. The molecule has 2 atom stereocenters. The van der Waals surface area contributed by atoms with Crippen molar-refractivity contribution in [1.29, 1.82) is 0 Å². The zero-order valence-corrected chi connectivity index (χ0v) is 11.3. The second-order valence-electron chi connectivity index (χ2n) is 4.03. The predicted octanol–water partition coefficient (Wildman–Crippen LogP) is 2.28. The maximum Gasteiger partial charge on any atom is 0.323 e. The van der Waals surface area contributed by atoms with Gasteiger partial charge in [-0.15, -0.1) is 0 Å². The Morgan fingerprint density at radius 2 is 2.22 bits per heavy atom. The highest BCUT2D eigenvalue weighted by molar-refractivity contribution is 6.34. The highest BCUT2D eigenvalue weighted by Gasteiger charge is 2.31. The van der Waals surface area contributed by atoms with Crippen LogP contribution in [0.25, 0.3) is 0 Å². The summed E-state index contributed by atoms with van der Waals surface area (Å²) in [5, 5.41) is 4.10. The molecule has 0 aliphatic carbocycles. The lowest BCUT2D eigenvalue weighted by Crippen LogP contribution is -2.31. The first kappa shape index (κ1) is 13.5. The topological polar surface area (TPSA) is 47.6 Å². The van der Waals surface area contributed by atoms with Gasteiger partial charge >= 0.3 is 5.97 Å². The molecule has 1 heterocycles. The Morgan fingerprint density at radius 3 is 2.94 bits per heavy atom. The van der Waals surface area contributed by atoms with Crippen molar-refractivity contribution < 1.29 is 14.3 Å². The average molecular weight is 290 g/mol. The SMILES string of the molecule is COC(=O)C1CC(Oc2cc(Cl)ccc2Cl)CN1. The van der Waals surface area contributed by atoms with Crippen LogP contribution in [0, 0.1) is 0 Å². The van der Waals surface area contributed by atoms with Crippen molar-refractivity contribution in [2.75, 3.05) is 13.7 Å². The number of hydrogen-bond acceptors (Lipinski definition) is 4. The van der Waals surface area contributed by atoms with Crippen LogP contribution in [-0.4, -0.2) is 31.8 Å². The molecule has 0 spiro atoms. The van der Waals surface area contributed by atoms with Crippen LogP contribution in [0.2, 0.25) is 10.0 Å². The third-order valence-corrected chi connectivity index (χ3v) is 3.31. The van der Waals surface area contributed by atoms with E-state index in [0.29, 0.717) is 28.8 Å². The summed E-state index contributed by atoms with van der Waals surface area (Å²) in [6.07, 6.45) is 0.431. The number of esters is 1. The van der Waals surface area contributed by atoms with E-state index < -0.39 is 0 Å². The standard InChI is InChI=1S/C12H13Cl2NO3/c1-17-12(16)10-5-8(6-15-10)18-11-4-7(13)2-3-9(11)14/h2-4,8,10,15H,5-6H2,1H3. The van der Waals surface area contributed by atoms with Gasteiger partial charge in [-0.25, -0.2) is 0 Å². The number of benzene rings is 1. The normalized spacial score (nSPS) is 22.8. The molecular weight excluding hydrogens is 277 g/mol. The van der Waals surface area contributed by atoms with E-state index in [4.69, 9.17) is 27.9 Å². The molecule has 1 aliphatic rings. The van der Waals surface area contributed by atoms with Gasteiger partial charge in [-0.2, -0.15) is 0 Å². The van der Waals surface area contributed by atoms with Crippen molar-refractivity contribution in [3.05, 3.63) is 28.2 Å². The number of hydrogen-bond donors (Lipinski definition) is 1. The summed E-state index contributed by atoms with van der Waals surface area (Å²) in [7, 11) is 1.37. The van der Waals surface area contributed by atoms with E-state index in [2.05, 4.69) is 10.1 Å². The minimum atomic E-state index is -0.321. The van der Waals surface area contributed by atoms with Crippen molar-refractivity contribution in [2.24, 2.45) is 0 Å². The molecule has 0 amide bonds. The fourth-order valence-electron chi connectivity index (χ4n) is 1.86. The monoisotopic (exact) mass is 289 g/mol. The first-order valence-electron chi connectivity index (χ1n) is 5.53. The molecule has 0 radical (unpaired) electrons. The third kappa shape index (κ3) is 3.07. The van der Waals surface area contributed by atoms with Gasteiger partial charge < -0.3 is 14.8 Å². The molecule has 0 aromatic heterocycles. The van der Waals surface area contributed by atoms with Gasteiger partial charge in [-0.3, -0.25) is 4.79 Å². The van der Waals surface area contributed by atoms with Gasteiger partial charge in [0.2, 0.25) is 0 Å². The molecule has 1 N–H and O–H groups in total. The van der Waals surface area contributed by atoms with E-state index >= 15 is 0 Å². The Labute approximate surface area is 115 Å². The predicted molar refractivity (Wildman–Crippen MR) is 69.3 cm³/mol. The molecule has 18 heavy (non-hydrogen) atoms. The molecule has 4 nitrogen and oxygen atoms in total. The summed E-state index contributed by atoms with van der Waals surface area (Å²) in [5.41, 5.74) is 0. The summed E-state index contributed by atoms with van der Waals surface area (Å²) in [6.45, 7) is 0.572. The highest BCUT2D eigenvalue weighted by atomic mass is 35.5. The van der Waals surface area contributed by atoms with Gasteiger partial charge in [0, 0.05) is 24.1 Å². The fraction of sp³-hybridized carbons (Fsp3) is 0.417. The molecule has 1 saturated heterocycles. The Balaban J connectivity index is 1.99. The van der Waals surface area contributed by atoms with Crippen LogP contribution in [0.5, 0.6) is 5.75 Å². The minimum Gasteiger partial charge on any atom is -0.487 e. The number of carbonyl (C=O) groups excluding carboxylic acids is 1. The van der Waals surface area contributed by atoms with Crippen molar-refractivity contribution in [3.8, 4) is 5.75 Å². The second kappa shape index (κ2) is 5.78. The van der Waals surface area contributed by atoms with Crippen molar-refractivity contribution >= 4 is 29.2 Å². The summed E-state index contributed by atoms with van der Waals surface area (Å²) < 4.78 is 10.4. The van der Waals surface area contributed by atoms with E-state index in [9.17, 15) is 4.79 Å². The maximum atomic E-state index is 11.3. The molecule has 1 aliphatic heterocycles. The Morgan fingerprint density at radius 1 is 1.44 bits per heavy atom. The maximum absolute atomic E-state index is 11.3. The second-order valence-corrected chi connectivity index (χ2v) is 4.88. The van der Waals surface area contributed by atoms with Crippen LogP contribution in [0.15, 0.2) is 18.2 Å². The number of nitrogens with one attached hydrogen (secondary N) is 1. The molecule has 6 heteroatoms. The van der Waals surface area contributed by atoms with Crippen LogP contribution in [0.4, 0.5) is 0 Å². The minimum absolute atomic E-state index is 0.120. The van der Waals surface area contributed by atoms with Crippen molar-refractivity contribution in [1.82, 2.24) is 5.32 Å². The fourth-order valence-corrected chi connectivity index (χ4v) is 2.19. The van der Waals surface area contributed by atoms with E-state index in [0.717, 1.165) is 0 Å². The summed E-state index contributed by atoms with van der Waals surface area (Å²) in [5.74, 6) is 0.250. The Hall–Kier alpha value is -0.970. The summed E-state index contributed by atoms with van der Waals surface area (Å²) in [4.78, 5) is 11.3. The molecule has 1 aromatic rings. The van der Waals surface area contributed by atoms with E-state index in [1.165, 1.54) is 7.11 Å². The molecule has 1 aromatic carbocycles. The quantitative estimate of drug-likeness (QED) is 0.868. The number of ether oxygens (including phenoxy) is 2. The van der Waals surface area contributed by atoms with Gasteiger partial charge in [0.05, 0.1) is 12.1 Å². The Bertz CT molecular complexity index is 453. The lowest BCUT2D eigenvalue weighted by Gasteiger charge is -2.14.